The molecule has 0 saturated carbocycles. The topological polar surface area (TPSA) is 54.0 Å². The van der Waals surface area contributed by atoms with Crippen molar-refractivity contribution in [3.8, 4) is 0 Å². The van der Waals surface area contributed by atoms with E-state index in [0.29, 0.717) is 5.69 Å². The molecule has 0 bridgehead atoms. The van der Waals surface area contributed by atoms with Crippen LogP contribution in [-0.4, -0.2) is 23.5 Å². The second kappa shape index (κ2) is 7.80. The van der Waals surface area contributed by atoms with Crippen molar-refractivity contribution in [3.63, 3.8) is 0 Å². The maximum Gasteiger partial charge on any atom is 0.270 e. The zero-order chi connectivity index (χ0) is 15.9. The van der Waals surface area contributed by atoms with E-state index in [1.807, 2.05) is 44.2 Å². The molecule has 0 aliphatic rings. The first-order chi connectivity index (χ1) is 10.5. The van der Waals surface area contributed by atoms with Crippen molar-refractivity contribution in [2.75, 3.05) is 11.9 Å². The highest BCUT2D eigenvalue weighted by atomic mass is 35.5. The van der Waals surface area contributed by atoms with Gasteiger partial charge in [0.05, 0.1) is 11.9 Å². The molecule has 0 radical (unpaired) electrons. The fraction of sp³-hybridized carbons (Fsp3) is 0.294. The van der Waals surface area contributed by atoms with Crippen LogP contribution in [0.5, 0.6) is 0 Å². The Bertz CT molecular complexity index is 609. The van der Waals surface area contributed by atoms with E-state index in [0.717, 1.165) is 23.7 Å². The summed E-state index contributed by atoms with van der Waals surface area (Å²) in [6, 6.07) is 11.5. The number of hydrogen-bond acceptors (Lipinski definition) is 3. The Morgan fingerprint density at radius 3 is 2.50 bits per heavy atom. The van der Waals surface area contributed by atoms with Gasteiger partial charge in [0.25, 0.3) is 5.91 Å². The van der Waals surface area contributed by atoms with Gasteiger partial charge in [-0.05, 0) is 50.1 Å². The highest BCUT2D eigenvalue weighted by Crippen LogP contribution is 2.11. The van der Waals surface area contributed by atoms with E-state index >= 15 is 0 Å². The molecule has 0 aliphatic carbocycles. The summed E-state index contributed by atoms with van der Waals surface area (Å²) in [5.41, 5.74) is 2.55. The minimum atomic E-state index is -0.150. The number of benzene rings is 1. The van der Waals surface area contributed by atoms with Gasteiger partial charge in [0.1, 0.15) is 5.69 Å². The number of hydrogen-bond donors (Lipinski definition) is 2. The highest BCUT2D eigenvalue weighted by molar-refractivity contribution is 6.30. The maximum atomic E-state index is 11.8. The molecule has 4 nitrogen and oxygen atoms in total. The highest BCUT2D eigenvalue weighted by Gasteiger charge is 2.07. The number of nitrogens with zero attached hydrogens (tertiary/aromatic N) is 1. The lowest BCUT2D eigenvalue weighted by Gasteiger charge is -2.09. The molecule has 1 aromatic carbocycles. The number of amides is 1. The van der Waals surface area contributed by atoms with Gasteiger partial charge in [0.2, 0.25) is 0 Å². The summed E-state index contributed by atoms with van der Waals surface area (Å²) in [4.78, 5) is 16.0. The van der Waals surface area contributed by atoms with Gasteiger partial charge in [-0.3, -0.25) is 4.79 Å². The average Bonchev–Trinajstić information content (AvgIpc) is 2.49. The molecule has 0 atom stereocenters. The third kappa shape index (κ3) is 5.04. The van der Waals surface area contributed by atoms with Crippen molar-refractivity contribution in [2.45, 2.75) is 26.3 Å². The molecule has 0 unspecified atom stereocenters. The lowest BCUT2D eigenvalue weighted by molar-refractivity contribution is 0.0938. The second-order valence-corrected chi connectivity index (χ2v) is 5.80. The van der Waals surface area contributed by atoms with Crippen LogP contribution in [0.4, 0.5) is 5.69 Å². The predicted octanol–water partition coefficient (Wildman–Crippen LogP) is 3.53. The first kappa shape index (κ1) is 16.3. The van der Waals surface area contributed by atoms with Crippen molar-refractivity contribution < 1.29 is 4.79 Å². The van der Waals surface area contributed by atoms with Gasteiger partial charge in [-0.15, -0.1) is 0 Å². The number of carbonyl (C=O) groups is 1. The summed E-state index contributed by atoms with van der Waals surface area (Å²) < 4.78 is 0. The average molecular weight is 318 g/mol. The van der Waals surface area contributed by atoms with E-state index in [-0.39, 0.29) is 11.9 Å². The molecule has 1 amide bonds. The molecule has 0 saturated heterocycles. The van der Waals surface area contributed by atoms with E-state index in [9.17, 15) is 4.79 Å². The summed E-state index contributed by atoms with van der Waals surface area (Å²) >= 11 is 5.86. The van der Waals surface area contributed by atoms with Gasteiger partial charge in [-0.25, -0.2) is 4.98 Å². The Balaban J connectivity index is 1.83. The third-order valence-corrected chi connectivity index (χ3v) is 3.32. The third-order valence-electron chi connectivity index (χ3n) is 3.07. The first-order valence-corrected chi connectivity index (χ1v) is 7.67. The molecule has 116 valence electrons. The number of carbonyl (C=O) groups excluding carboxylic acids is 1. The van der Waals surface area contributed by atoms with Gasteiger partial charge in [-0.2, -0.15) is 0 Å². The summed E-state index contributed by atoms with van der Waals surface area (Å²) in [6.07, 6.45) is 2.57. The van der Waals surface area contributed by atoms with Crippen LogP contribution in [0.2, 0.25) is 5.02 Å². The van der Waals surface area contributed by atoms with Crippen LogP contribution in [0, 0.1) is 0 Å². The predicted molar refractivity (Wildman–Crippen MR) is 90.5 cm³/mol. The normalized spacial score (nSPS) is 10.5. The van der Waals surface area contributed by atoms with Crippen LogP contribution in [0.3, 0.4) is 0 Å². The van der Waals surface area contributed by atoms with Crippen LogP contribution >= 0.6 is 11.6 Å². The monoisotopic (exact) mass is 317 g/mol. The molecular weight excluding hydrogens is 298 g/mol. The number of rotatable bonds is 6. The van der Waals surface area contributed by atoms with E-state index in [1.165, 1.54) is 5.56 Å². The number of anilines is 1. The Morgan fingerprint density at radius 2 is 1.91 bits per heavy atom. The minimum absolute atomic E-state index is 0.103. The lowest BCUT2D eigenvalue weighted by Crippen LogP contribution is -2.30. The molecular formula is C17H20ClN3O. The Labute approximate surface area is 135 Å². The Morgan fingerprint density at radius 1 is 1.18 bits per heavy atom. The van der Waals surface area contributed by atoms with Crippen molar-refractivity contribution in [1.82, 2.24) is 10.3 Å². The molecule has 1 heterocycles. The quantitative estimate of drug-likeness (QED) is 0.857. The zero-order valence-electron chi connectivity index (χ0n) is 12.8. The summed E-state index contributed by atoms with van der Waals surface area (Å²) in [7, 11) is 0. The van der Waals surface area contributed by atoms with Gasteiger partial charge in [0.15, 0.2) is 0 Å². The SMILES string of the molecule is CC(C)NC(=O)c1ccc(NCCc2ccc(Cl)cc2)cn1. The fourth-order valence-electron chi connectivity index (χ4n) is 1.97. The van der Waals surface area contributed by atoms with Crippen LogP contribution in [0.25, 0.3) is 0 Å². The zero-order valence-corrected chi connectivity index (χ0v) is 13.5. The van der Waals surface area contributed by atoms with Crippen molar-refractivity contribution in [2.24, 2.45) is 0 Å². The van der Waals surface area contributed by atoms with Crippen molar-refractivity contribution >= 4 is 23.2 Å². The molecule has 1 aromatic heterocycles. The summed E-state index contributed by atoms with van der Waals surface area (Å²) in [6.45, 7) is 4.63. The van der Waals surface area contributed by atoms with Crippen LogP contribution < -0.4 is 10.6 Å². The van der Waals surface area contributed by atoms with E-state index < -0.39 is 0 Å². The van der Waals surface area contributed by atoms with Gasteiger partial charge < -0.3 is 10.6 Å². The second-order valence-electron chi connectivity index (χ2n) is 5.36. The molecule has 5 heteroatoms. The van der Waals surface area contributed by atoms with E-state index in [1.54, 1.807) is 12.3 Å². The van der Waals surface area contributed by atoms with E-state index in [2.05, 4.69) is 15.6 Å². The Hall–Kier alpha value is -2.07. The smallest absolute Gasteiger partial charge is 0.270 e. The standard InChI is InChI=1S/C17H20ClN3O/c1-12(2)21-17(22)16-8-7-15(11-20-16)19-10-9-13-3-5-14(18)6-4-13/h3-8,11-12,19H,9-10H2,1-2H3,(H,21,22). The molecule has 22 heavy (non-hydrogen) atoms. The van der Waals surface area contributed by atoms with Crippen molar-refractivity contribution in [3.05, 3.63) is 58.9 Å². The number of aromatic nitrogens is 1. The largest absolute Gasteiger partial charge is 0.383 e. The molecule has 0 spiro atoms. The van der Waals surface area contributed by atoms with Crippen LogP contribution in [-0.2, 0) is 6.42 Å². The van der Waals surface area contributed by atoms with E-state index in [4.69, 9.17) is 11.6 Å². The molecule has 2 rings (SSSR count). The lowest BCUT2D eigenvalue weighted by atomic mass is 10.1. The molecule has 0 aliphatic heterocycles. The minimum Gasteiger partial charge on any atom is -0.383 e. The van der Waals surface area contributed by atoms with Gasteiger partial charge in [0, 0.05) is 17.6 Å². The molecule has 2 aromatic rings. The van der Waals surface area contributed by atoms with Crippen molar-refractivity contribution in [1.29, 1.82) is 0 Å². The number of pyridine rings is 1. The summed E-state index contributed by atoms with van der Waals surface area (Å²) in [5.74, 6) is -0.150. The van der Waals surface area contributed by atoms with Gasteiger partial charge in [-0.1, -0.05) is 23.7 Å². The van der Waals surface area contributed by atoms with Crippen LogP contribution in [0.15, 0.2) is 42.6 Å². The first-order valence-electron chi connectivity index (χ1n) is 7.30. The Kier molecular flexibility index (Phi) is 5.78. The molecule has 0 fully saturated rings. The summed E-state index contributed by atoms with van der Waals surface area (Å²) in [5, 5.41) is 6.85. The molecule has 2 N–H and O–H groups in total. The maximum absolute atomic E-state index is 11.8. The van der Waals surface area contributed by atoms with Crippen LogP contribution in [0.1, 0.15) is 29.9 Å². The number of halogens is 1. The number of nitrogens with one attached hydrogen (secondary N) is 2. The van der Waals surface area contributed by atoms with Gasteiger partial charge >= 0.3 is 0 Å². The fourth-order valence-corrected chi connectivity index (χ4v) is 2.10.